The fourth-order valence-electron chi connectivity index (χ4n) is 4.18. The molecule has 5 rings (SSSR count). The number of anilines is 1. The van der Waals surface area contributed by atoms with Crippen LogP contribution >= 0.6 is 0 Å². The Morgan fingerprint density at radius 1 is 1.18 bits per heavy atom. The molecule has 0 amide bonds. The van der Waals surface area contributed by atoms with Crippen molar-refractivity contribution in [2.24, 2.45) is 0 Å². The molecule has 0 radical (unpaired) electrons. The molecular formula is C24H21FN6O3. The topological polar surface area (TPSA) is 109 Å². The summed E-state index contributed by atoms with van der Waals surface area (Å²) in [6.45, 7) is 1.17. The second kappa shape index (κ2) is 8.86. The zero-order valence-electron chi connectivity index (χ0n) is 18.4. The van der Waals surface area contributed by atoms with Gasteiger partial charge in [-0.15, -0.1) is 0 Å². The molecule has 1 aliphatic heterocycles. The summed E-state index contributed by atoms with van der Waals surface area (Å²) >= 11 is 0. The van der Waals surface area contributed by atoms with Crippen LogP contribution in [-0.4, -0.2) is 45.7 Å². The summed E-state index contributed by atoms with van der Waals surface area (Å²) in [4.78, 5) is 25.4. The Kier molecular flexibility index (Phi) is 5.59. The van der Waals surface area contributed by atoms with Crippen molar-refractivity contribution in [1.82, 2.24) is 19.4 Å². The van der Waals surface area contributed by atoms with Gasteiger partial charge >= 0.3 is 0 Å². The van der Waals surface area contributed by atoms with E-state index in [0.717, 1.165) is 0 Å². The second-order valence-electron chi connectivity index (χ2n) is 7.95. The van der Waals surface area contributed by atoms with E-state index in [1.165, 1.54) is 30.6 Å². The maximum Gasteiger partial charge on any atom is 0.213 e. The van der Waals surface area contributed by atoms with E-state index >= 15 is 4.39 Å². The Hall–Kier alpha value is -4.39. The zero-order valence-corrected chi connectivity index (χ0v) is 18.4. The molecule has 4 aromatic heterocycles. The molecule has 0 bridgehead atoms. The lowest BCUT2D eigenvalue weighted by Crippen LogP contribution is -2.39. The van der Waals surface area contributed by atoms with Gasteiger partial charge in [0.25, 0.3) is 0 Å². The first kappa shape index (κ1) is 21.5. The number of nitrogens with zero attached hydrogens (tertiary/aromatic N) is 5. The highest BCUT2D eigenvalue weighted by Gasteiger charge is 2.24. The van der Waals surface area contributed by atoms with E-state index in [1.54, 1.807) is 23.8 Å². The number of aromatic amines is 1. The van der Waals surface area contributed by atoms with E-state index in [4.69, 9.17) is 9.47 Å². The predicted molar refractivity (Wildman–Crippen MR) is 123 cm³/mol. The number of H-pyrrole nitrogens is 1. The van der Waals surface area contributed by atoms with Crippen molar-refractivity contribution in [3.63, 3.8) is 0 Å². The number of methoxy groups -OCH3 is 1. The van der Waals surface area contributed by atoms with Crippen LogP contribution in [0.2, 0.25) is 0 Å². The van der Waals surface area contributed by atoms with Crippen LogP contribution in [0.5, 0.6) is 11.6 Å². The molecule has 0 unspecified atom stereocenters. The molecule has 0 aliphatic carbocycles. The van der Waals surface area contributed by atoms with E-state index in [-0.39, 0.29) is 17.4 Å². The minimum atomic E-state index is -0.490. The number of aromatic nitrogens is 4. The Bertz CT molecular complexity index is 1430. The van der Waals surface area contributed by atoms with Gasteiger partial charge in [-0.25, -0.2) is 14.4 Å². The van der Waals surface area contributed by atoms with Crippen LogP contribution < -0.4 is 19.8 Å². The standard InChI is InChI=1S/C24H21FN6O3/c1-33-23-3-2-19(14-28-23)34-18-4-6-30(7-5-18)24-20(25)8-15(12-29-24)21-9-17(32)10-22-27-13-16(11-26)31(21)22/h2-3,8-10,12-14,18,27H,4-7H2,1H3. The van der Waals surface area contributed by atoms with E-state index < -0.39 is 5.82 Å². The van der Waals surface area contributed by atoms with Crippen molar-refractivity contribution >= 4 is 11.5 Å². The van der Waals surface area contributed by atoms with Crippen LogP contribution in [0.1, 0.15) is 18.5 Å². The molecule has 1 fully saturated rings. The summed E-state index contributed by atoms with van der Waals surface area (Å²) in [5.41, 5.74) is 1.33. The number of nitrogens with one attached hydrogen (secondary N) is 1. The fraction of sp³-hybridized carbons (Fsp3) is 0.250. The molecule has 10 heteroatoms. The number of halogens is 1. The number of ether oxygens (including phenoxy) is 2. The molecule has 172 valence electrons. The normalized spacial score (nSPS) is 14.2. The third-order valence-corrected chi connectivity index (χ3v) is 5.83. The number of nitriles is 1. The van der Waals surface area contributed by atoms with E-state index in [9.17, 15) is 10.1 Å². The number of fused-ring (bicyclic) bond motifs is 1. The number of hydrogen-bond donors (Lipinski definition) is 1. The van der Waals surface area contributed by atoms with Gasteiger partial charge in [-0.2, -0.15) is 5.26 Å². The van der Waals surface area contributed by atoms with Gasteiger partial charge in [0.15, 0.2) is 17.1 Å². The van der Waals surface area contributed by atoms with Gasteiger partial charge in [0, 0.05) is 62.1 Å². The number of rotatable bonds is 5. The zero-order chi connectivity index (χ0) is 23.7. The lowest BCUT2D eigenvalue weighted by Gasteiger charge is -2.33. The van der Waals surface area contributed by atoms with Gasteiger partial charge in [0.1, 0.15) is 29.3 Å². The second-order valence-corrected chi connectivity index (χ2v) is 7.95. The minimum absolute atomic E-state index is 0.00347. The van der Waals surface area contributed by atoms with Gasteiger partial charge in [-0.3, -0.25) is 9.20 Å². The average molecular weight is 460 g/mol. The van der Waals surface area contributed by atoms with Crippen molar-refractivity contribution in [2.45, 2.75) is 18.9 Å². The van der Waals surface area contributed by atoms with Crippen molar-refractivity contribution in [1.29, 1.82) is 5.26 Å². The highest BCUT2D eigenvalue weighted by Crippen LogP contribution is 2.28. The summed E-state index contributed by atoms with van der Waals surface area (Å²) in [5.74, 6) is 0.949. The Morgan fingerprint density at radius 2 is 2.00 bits per heavy atom. The molecule has 4 aromatic rings. The lowest BCUT2D eigenvalue weighted by molar-refractivity contribution is 0.169. The van der Waals surface area contributed by atoms with Crippen LogP contribution in [0.4, 0.5) is 10.2 Å². The van der Waals surface area contributed by atoms with Gasteiger partial charge in [-0.05, 0) is 12.1 Å². The predicted octanol–water partition coefficient (Wildman–Crippen LogP) is 3.15. The first-order valence-corrected chi connectivity index (χ1v) is 10.8. The summed E-state index contributed by atoms with van der Waals surface area (Å²) in [5, 5.41) is 9.39. The van der Waals surface area contributed by atoms with E-state index in [2.05, 4.69) is 21.0 Å². The molecule has 1 aliphatic rings. The monoisotopic (exact) mass is 460 g/mol. The van der Waals surface area contributed by atoms with Crippen LogP contribution in [0.3, 0.4) is 0 Å². The quantitative estimate of drug-likeness (QED) is 0.487. The van der Waals surface area contributed by atoms with Crippen LogP contribution in [0.25, 0.3) is 16.9 Å². The largest absolute Gasteiger partial charge is 0.489 e. The van der Waals surface area contributed by atoms with E-state index in [0.29, 0.717) is 60.2 Å². The first-order chi connectivity index (χ1) is 16.6. The third kappa shape index (κ3) is 4.03. The number of pyridine rings is 3. The first-order valence-electron chi connectivity index (χ1n) is 10.8. The molecular weight excluding hydrogens is 439 g/mol. The Morgan fingerprint density at radius 3 is 2.68 bits per heavy atom. The van der Waals surface area contributed by atoms with Gasteiger partial charge < -0.3 is 19.4 Å². The van der Waals surface area contributed by atoms with Gasteiger partial charge in [0.05, 0.1) is 19.0 Å². The molecule has 0 aromatic carbocycles. The fourth-order valence-corrected chi connectivity index (χ4v) is 4.18. The third-order valence-electron chi connectivity index (χ3n) is 5.83. The Balaban J connectivity index is 1.32. The number of imidazole rings is 1. The summed E-state index contributed by atoms with van der Waals surface area (Å²) in [6.07, 6.45) is 6.07. The lowest BCUT2D eigenvalue weighted by atomic mass is 10.1. The summed E-state index contributed by atoms with van der Waals surface area (Å²) in [7, 11) is 1.56. The molecule has 5 heterocycles. The SMILES string of the molecule is COc1ccc(OC2CCN(c3ncc(-c4cc(=O)cc5[nH]cc(C#N)n45)cc3F)CC2)cn1. The maximum absolute atomic E-state index is 15.1. The molecule has 0 spiro atoms. The van der Waals surface area contributed by atoms with Gasteiger partial charge in [-0.1, -0.05) is 0 Å². The van der Waals surface area contributed by atoms with Crippen LogP contribution in [0, 0.1) is 17.1 Å². The molecule has 0 atom stereocenters. The van der Waals surface area contributed by atoms with Crippen molar-refractivity contribution in [3.8, 4) is 29.0 Å². The highest BCUT2D eigenvalue weighted by atomic mass is 19.1. The maximum atomic E-state index is 15.1. The van der Waals surface area contributed by atoms with Crippen molar-refractivity contribution in [3.05, 3.63) is 70.7 Å². The number of piperidine rings is 1. The molecule has 1 saturated heterocycles. The van der Waals surface area contributed by atoms with E-state index in [1.807, 2.05) is 11.0 Å². The number of hydrogen-bond acceptors (Lipinski definition) is 7. The molecule has 9 nitrogen and oxygen atoms in total. The highest BCUT2D eigenvalue weighted by molar-refractivity contribution is 5.66. The van der Waals surface area contributed by atoms with Crippen LogP contribution in [0.15, 0.2) is 53.7 Å². The summed E-state index contributed by atoms with van der Waals surface area (Å²) in [6, 6.07) is 9.73. The van der Waals surface area contributed by atoms with Crippen molar-refractivity contribution in [2.75, 3.05) is 25.1 Å². The Labute approximate surface area is 194 Å². The molecule has 34 heavy (non-hydrogen) atoms. The molecule has 1 N–H and O–H groups in total. The smallest absolute Gasteiger partial charge is 0.213 e. The summed E-state index contributed by atoms with van der Waals surface area (Å²) < 4.78 is 27.8. The van der Waals surface area contributed by atoms with Crippen molar-refractivity contribution < 1.29 is 13.9 Å². The molecule has 0 saturated carbocycles. The average Bonchev–Trinajstić information content (AvgIpc) is 3.27. The minimum Gasteiger partial charge on any atom is -0.489 e. The van der Waals surface area contributed by atoms with Crippen LogP contribution in [-0.2, 0) is 0 Å². The van der Waals surface area contributed by atoms with Gasteiger partial charge in [0.2, 0.25) is 5.88 Å².